The van der Waals surface area contributed by atoms with E-state index in [1.807, 2.05) is 6.08 Å². The first-order chi connectivity index (χ1) is 11.9. The first-order valence-electron chi connectivity index (χ1n) is 9.67. The summed E-state index contributed by atoms with van der Waals surface area (Å²) in [4.78, 5) is 17.2. The highest BCUT2D eigenvalue weighted by Crippen LogP contribution is 2.35. The second-order valence-corrected chi connectivity index (χ2v) is 7.93. The van der Waals surface area contributed by atoms with E-state index in [0.29, 0.717) is 0 Å². The molecule has 0 aliphatic heterocycles. The summed E-state index contributed by atoms with van der Waals surface area (Å²) < 4.78 is 14.8. The molecule has 0 saturated heterocycles. The van der Waals surface area contributed by atoms with Crippen LogP contribution in [0.2, 0.25) is 0 Å². The number of phosphoric ester groups is 1. The van der Waals surface area contributed by atoms with Crippen LogP contribution < -0.4 is 5.73 Å². The molecule has 150 valence electrons. The third-order valence-electron chi connectivity index (χ3n) is 4.18. The zero-order valence-corrected chi connectivity index (χ0v) is 16.6. The Labute approximate surface area is 153 Å². The molecule has 5 N–H and O–H groups in total. The van der Waals surface area contributed by atoms with Crippen LogP contribution in [0.1, 0.15) is 84.0 Å². The number of aliphatic hydroxyl groups excluding tert-OH is 1. The topological polar surface area (TPSA) is 113 Å². The molecule has 0 aromatic rings. The Morgan fingerprint density at radius 2 is 1.44 bits per heavy atom. The van der Waals surface area contributed by atoms with Crippen molar-refractivity contribution in [3.8, 4) is 0 Å². The first kappa shape index (κ1) is 24.8. The maximum atomic E-state index is 10.6. The first-order valence-corrected chi connectivity index (χ1v) is 11.2. The van der Waals surface area contributed by atoms with E-state index in [0.717, 1.165) is 12.8 Å². The Morgan fingerprint density at radius 3 is 1.92 bits per heavy atom. The van der Waals surface area contributed by atoms with Crippen molar-refractivity contribution < 1.29 is 24.0 Å². The second kappa shape index (κ2) is 16.0. The van der Waals surface area contributed by atoms with Crippen LogP contribution in [0.5, 0.6) is 0 Å². The minimum absolute atomic E-state index is 0.381. The molecule has 0 spiro atoms. The third kappa shape index (κ3) is 18.4. The fourth-order valence-corrected chi connectivity index (χ4v) is 2.95. The largest absolute Gasteiger partial charge is 0.469 e. The Bertz CT molecular complexity index is 372. The highest BCUT2D eigenvalue weighted by molar-refractivity contribution is 7.46. The summed E-state index contributed by atoms with van der Waals surface area (Å²) in [6, 6.07) is -0.846. The summed E-state index contributed by atoms with van der Waals surface area (Å²) >= 11 is 0. The van der Waals surface area contributed by atoms with Crippen LogP contribution in [0, 0.1) is 0 Å². The SMILES string of the molecule is CCCCCCCCCCCCCC=CC(O)[C@H](N)COP(=O)(O)O. The van der Waals surface area contributed by atoms with Gasteiger partial charge in [0.2, 0.25) is 0 Å². The van der Waals surface area contributed by atoms with E-state index in [2.05, 4.69) is 11.4 Å². The van der Waals surface area contributed by atoms with Gasteiger partial charge in [-0.3, -0.25) is 4.52 Å². The Hall–Kier alpha value is -0.230. The van der Waals surface area contributed by atoms with E-state index in [1.165, 1.54) is 64.2 Å². The molecule has 0 amide bonds. The summed E-state index contributed by atoms with van der Waals surface area (Å²) in [5, 5.41) is 9.75. The molecular formula is C18H38NO5P. The van der Waals surface area contributed by atoms with Crippen molar-refractivity contribution in [2.24, 2.45) is 5.73 Å². The highest BCUT2D eigenvalue weighted by atomic mass is 31.2. The lowest BCUT2D eigenvalue weighted by atomic mass is 10.0. The second-order valence-electron chi connectivity index (χ2n) is 6.69. The van der Waals surface area contributed by atoms with Crippen LogP contribution in [-0.2, 0) is 9.09 Å². The monoisotopic (exact) mass is 379 g/mol. The van der Waals surface area contributed by atoms with Gasteiger partial charge in [0.1, 0.15) is 0 Å². The number of unbranched alkanes of at least 4 members (excludes halogenated alkanes) is 11. The van der Waals surface area contributed by atoms with E-state index in [-0.39, 0.29) is 6.61 Å². The summed E-state index contributed by atoms with van der Waals surface area (Å²) in [6.45, 7) is 1.86. The van der Waals surface area contributed by atoms with Gasteiger partial charge in [-0.05, 0) is 12.8 Å². The number of aliphatic hydroxyl groups is 1. The summed E-state index contributed by atoms with van der Waals surface area (Å²) in [7, 11) is -4.53. The Kier molecular flexibility index (Phi) is 15.8. The molecule has 1 unspecified atom stereocenters. The van der Waals surface area contributed by atoms with Gasteiger partial charge in [0, 0.05) is 0 Å². The van der Waals surface area contributed by atoms with Gasteiger partial charge in [0.05, 0.1) is 18.8 Å². The van der Waals surface area contributed by atoms with E-state index in [1.54, 1.807) is 6.08 Å². The van der Waals surface area contributed by atoms with Crippen molar-refractivity contribution >= 4 is 7.82 Å². The maximum Gasteiger partial charge on any atom is 0.469 e. The van der Waals surface area contributed by atoms with Crippen molar-refractivity contribution in [1.82, 2.24) is 0 Å². The molecule has 0 aromatic carbocycles. The van der Waals surface area contributed by atoms with Crippen LogP contribution in [0.25, 0.3) is 0 Å². The van der Waals surface area contributed by atoms with Gasteiger partial charge in [0.25, 0.3) is 0 Å². The quantitative estimate of drug-likeness (QED) is 0.172. The number of hydrogen-bond donors (Lipinski definition) is 4. The number of hydrogen-bond acceptors (Lipinski definition) is 4. The molecule has 7 heteroatoms. The zero-order valence-electron chi connectivity index (χ0n) is 15.7. The van der Waals surface area contributed by atoms with Gasteiger partial charge in [-0.2, -0.15) is 0 Å². The van der Waals surface area contributed by atoms with Crippen LogP contribution in [-0.4, -0.2) is 33.6 Å². The summed E-state index contributed by atoms with van der Waals surface area (Å²) in [6.07, 6.45) is 17.6. The molecule has 2 atom stereocenters. The summed E-state index contributed by atoms with van der Waals surface area (Å²) in [5.41, 5.74) is 5.60. The standard InChI is InChI=1S/C18H38NO5P/c1-2-3-4-5-6-7-8-9-10-11-12-13-14-15-18(20)17(19)16-24-25(21,22)23/h14-15,17-18,20H,2-13,16,19H2,1H3,(H2,21,22,23)/t17-,18?/m1/s1. The van der Waals surface area contributed by atoms with Crippen LogP contribution in [0.4, 0.5) is 0 Å². The Balaban J connectivity index is 3.46. The fourth-order valence-electron chi connectivity index (χ4n) is 2.59. The number of phosphoric acid groups is 1. The molecule has 0 aliphatic rings. The van der Waals surface area contributed by atoms with E-state index < -0.39 is 20.0 Å². The number of allylic oxidation sites excluding steroid dienone is 1. The lowest BCUT2D eigenvalue weighted by Gasteiger charge is -2.15. The van der Waals surface area contributed by atoms with Crippen molar-refractivity contribution in [3.63, 3.8) is 0 Å². The number of rotatable bonds is 17. The normalized spacial score (nSPS) is 14.9. The van der Waals surface area contributed by atoms with E-state index >= 15 is 0 Å². The van der Waals surface area contributed by atoms with E-state index in [9.17, 15) is 9.67 Å². The Morgan fingerprint density at radius 1 is 0.960 bits per heavy atom. The predicted octanol–water partition coefficient (Wildman–Crippen LogP) is 4.04. The fraction of sp³-hybridized carbons (Fsp3) is 0.889. The molecule has 0 rings (SSSR count). The average molecular weight is 379 g/mol. The number of nitrogens with two attached hydrogens (primary N) is 1. The van der Waals surface area contributed by atoms with Crippen molar-refractivity contribution in [2.45, 2.75) is 96.1 Å². The molecular weight excluding hydrogens is 341 g/mol. The molecule has 25 heavy (non-hydrogen) atoms. The predicted molar refractivity (Wildman–Crippen MR) is 102 cm³/mol. The van der Waals surface area contributed by atoms with Gasteiger partial charge in [-0.15, -0.1) is 0 Å². The van der Waals surface area contributed by atoms with Crippen molar-refractivity contribution in [3.05, 3.63) is 12.2 Å². The van der Waals surface area contributed by atoms with Crippen LogP contribution in [0.3, 0.4) is 0 Å². The molecule has 0 aliphatic carbocycles. The van der Waals surface area contributed by atoms with Crippen molar-refractivity contribution in [2.75, 3.05) is 6.61 Å². The van der Waals surface area contributed by atoms with Crippen LogP contribution >= 0.6 is 7.82 Å². The maximum absolute atomic E-state index is 10.6. The summed E-state index contributed by atoms with van der Waals surface area (Å²) in [5.74, 6) is 0. The van der Waals surface area contributed by atoms with Gasteiger partial charge >= 0.3 is 7.82 Å². The lowest BCUT2D eigenvalue weighted by Crippen LogP contribution is -2.37. The molecule has 0 bridgehead atoms. The van der Waals surface area contributed by atoms with Gasteiger partial charge in [-0.25, -0.2) is 4.57 Å². The van der Waals surface area contributed by atoms with Gasteiger partial charge < -0.3 is 20.6 Å². The minimum atomic E-state index is -4.53. The van der Waals surface area contributed by atoms with Crippen LogP contribution in [0.15, 0.2) is 12.2 Å². The average Bonchev–Trinajstić information content (AvgIpc) is 2.56. The molecule has 0 fully saturated rings. The van der Waals surface area contributed by atoms with E-state index in [4.69, 9.17) is 15.5 Å². The van der Waals surface area contributed by atoms with Gasteiger partial charge in [-0.1, -0.05) is 83.3 Å². The van der Waals surface area contributed by atoms with Gasteiger partial charge in [0.15, 0.2) is 0 Å². The van der Waals surface area contributed by atoms with Crippen molar-refractivity contribution in [1.29, 1.82) is 0 Å². The zero-order chi connectivity index (χ0) is 19.0. The minimum Gasteiger partial charge on any atom is -0.387 e. The molecule has 0 heterocycles. The third-order valence-corrected chi connectivity index (χ3v) is 4.67. The molecule has 0 radical (unpaired) electrons. The highest BCUT2D eigenvalue weighted by Gasteiger charge is 2.19. The molecule has 0 aromatic heterocycles. The molecule has 0 saturated carbocycles. The lowest BCUT2D eigenvalue weighted by molar-refractivity contribution is 0.129. The smallest absolute Gasteiger partial charge is 0.387 e. The molecule has 6 nitrogen and oxygen atoms in total.